The van der Waals surface area contributed by atoms with Gasteiger partial charge >= 0.3 is 0 Å². The fraction of sp³-hybridized carbons (Fsp3) is 0.798. The average molecular weight is 1760 g/mol. The number of hydrogen-bond acceptors (Lipinski definition) is 23. The number of nitrogens with one attached hydrogen (secondary N) is 16. The second kappa shape index (κ2) is 62.0. The normalized spacial score (nSPS) is 15.6. The van der Waals surface area contributed by atoms with Gasteiger partial charge in [-0.1, -0.05) is 89.5 Å². The van der Waals surface area contributed by atoms with Crippen molar-refractivity contribution in [1.82, 2.24) is 85.1 Å². The van der Waals surface area contributed by atoms with Crippen LogP contribution >= 0.6 is 0 Å². The fourth-order valence-electron chi connectivity index (χ4n) is 13.0. The Morgan fingerprint density at radius 3 is 0.532 bits per heavy atom. The van der Waals surface area contributed by atoms with E-state index in [1.165, 1.54) is 41.5 Å². The number of nitrogens with two attached hydrogens (primary N) is 7. The molecule has 40 heteroatoms. The summed E-state index contributed by atoms with van der Waals surface area (Å²) in [5, 5.41) is 42.6. The lowest BCUT2D eigenvalue weighted by Gasteiger charge is -2.28. The molecule has 0 unspecified atom stereocenters. The van der Waals surface area contributed by atoms with Crippen LogP contribution in [0.2, 0.25) is 0 Å². The highest BCUT2D eigenvalue weighted by molar-refractivity contribution is 6.01. The first-order chi connectivity index (χ1) is 58.1. The average Bonchev–Trinajstić information content (AvgIpc) is 0.860. The zero-order valence-electron chi connectivity index (χ0n) is 77.1. The number of carbonyl (C=O) groups is 17. The summed E-state index contributed by atoms with van der Waals surface area (Å²) in [6, 6.07) is -20.7. The van der Waals surface area contributed by atoms with Gasteiger partial charge in [0.25, 0.3) is 0 Å². The van der Waals surface area contributed by atoms with Crippen molar-refractivity contribution in [3.8, 4) is 0 Å². The molecule has 30 N–H and O–H groups in total. The van der Waals surface area contributed by atoms with Crippen LogP contribution in [0.25, 0.3) is 0 Å². The Kier molecular flexibility index (Phi) is 57.4. The van der Waals surface area contributed by atoms with Crippen molar-refractivity contribution in [1.29, 1.82) is 0 Å². The van der Waals surface area contributed by atoms with E-state index in [4.69, 9.17) is 40.1 Å². The Hall–Kier alpha value is -9.25. The molecule has 17 atom stereocenters. The van der Waals surface area contributed by atoms with E-state index in [-0.39, 0.29) is 126 Å². The number of primary amides is 1. The van der Waals surface area contributed by atoms with Gasteiger partial charge in [-0.15, -0.1) is 0 Å². The van der Waals surface area contributed by atoms with Crippen LogP contribution in [0.15, 0.2) is 0 Å². The van der Waals surface area contributed by atoms with Gasteiger partial charge in [-0.05, 0) is 238 Å². The Labute approximate surface area is 734 Å². The summed E-state index contributed by atoms with van der Waals surface area (Å²) in [7, 11) is 0. The van der Waals surface area contributed by atoms with E-state index in [0.717, 1.165) is 0 Å². The molecule has 124 heavy (non-hydrogen) atoms. The van der Waals surface area contributed by atoms with Crippen LogP contribution in [0.3, 0.4) is 0 Å². The van der Waals surface area contributed by atoms with E-state index >= 15 is 0 Å². The number of hydrogen-bond donors (Lipinski definition) is 23. The molecule has 0 radical (unpaired) electrons. The Morgan fingerprint density at radius 1 is 0.185 bits per heavy atom. The minimum absolute atomic E-state index is 0.0224. The second-order valence-corrected chi connectivity index (χ2v) is 35.2. The molecule has 0 saturated carbocycles. The summed E-state index contributed by atoms with van der Waals surface area (Å²) in [5.41, 5.74) is 40.3. The van der Waals surface area contributed by atoms with Gasteiger partial charge in [0.2, 0.25) is 100 Å². The highest BCUT2D eigenvalue weighted by Gasteiger charge is 2.38. The Balaban J connectivity index is 6.63. The van der Waals surface area contributed by atoms with Crippen LogP contribution in [-0.4, -0.2) is 236 Å². The van der Waals surface area contributed by atoms with E-state index in [0.29, 0.717) is 77.2 Å². The third-order valence-electron chi connectivity index (χ3n) is 20.2. The van der Waals surface area contributed by atoms with Gasteiger partial charge in [-0.3, -0.25) is 81.5 Å². The van der Waals surface area contributed by atoms with Crippen LogP contribution < -0.4 is 125 Å². The summed E-state index contributed by atoms with van der Waals surface area (Å²) in [4.78, 5) is 235. The SMILES string of the molecule is CC(C)C[C@H](NC(=O)[C@H](C)NC(=O)[C@H](CCCCN)NC(=O)[C@H](CC(C)C)NC(=O)[C@H](C)NC(=O)[C@H](CCCCN)NC(=O)[C@H](CC(C)C)NC(=O)[C@H](C)NC(=O)[C@H](CC(C)C)NC(=O)[C@@H](N)CCCCN)C(=O)N[C@@H](CCCCN)C(=O)N[C@@H](C)C(=O)N[C@@H](C)C(=O)N[C@@H](CC(C)C)C(=O)N[C@@H](CCCCN)C(=O)N[C@@H](CC(C)C)C(=O)N[C@@H](C)C(N)=O. The van der Waals surface area contributed by atoms with Gasteiger partial charge in [0.15, 0.2) is 0 Å². The maximum atomic E-state index is 14.4. The monoisotopic (exact) mass is 1760 g/mol. The van der Waals surface area contributed by atoms with Crippen LogP contribution in [0.1, 0.15) is 259 Å². The summed E-state index contributed by atoms with van der Waals surface area (Å²) < 4.78 is 0. The van der Waals surface area contributed by atoms with E-state index in [1.54, 1.807) is 41.5 Å². The molecule has 712 valence electrons. The van der Waals surface area contributed by atoms with E-state index < -0.39 is 203 Å². The van der Waals surface area contributed by atoms with Gasteiger partial charge in [-0.2, -0.15) is 0 Å². The maximum absolute atomic E-state index is 14.4. The molecule has 17 amide bonds. The third kappa shape index (κ3) is 47.7. The van der Waals surface area contributed by atoms with Crippen molar-refractivity contribution < 1.29 is 81.5 Å². The number of unbranched alkanes of at least 4 members (excludes halogenated alkanes) is 5. The predicted octanol–water partition coefficient (Wildman–Crippen LogP) is -2.40. The molecule has 0 aromatic carbocycles. The van der Waals surface area contributed by atoms with Crippen LogP contribution in [0.4, 0.5) is 0 Å². The highest BCUT2D eigenvalue weighted by Crippen LogP contribution is 2.17. The zero-order chi connectivity index (χ0) is 94.8. The minimum atomic E-state index is -1.35. The fourth-order valence-corrected chi connectivity index (χ4v) is 13.0. The van der Waals surface area contributed by atoms with Crippen LogP contribution in [-0.2, 0) is 81.5 Å². The van der Waals surface area contributed by atoms with Crippen molar-refractivity contribution in [2.75, 3.05) is 32.7 Å². The van der Waals surface area contributed by atoms with Crippen molar-refractivity contribution in [3.05, 3.63) is 0 Å². The molecular weight excluding hydrogens is 1600 g/mol. The van der Waals surface area contributed by atoms with E-state index in [9.17, 15) is 81.5 Å². The summed E-state index contributed by atoms with van der Waals surface area (Å²) in [6.07, 6.45) is 5.77. The summed E-state index contributed by atoms with van der Waals surface area (Å²) in [5.74, 6) is -13.7. The standard InChI is InChI=1S/C84H159N23O17/c1-45(2)39-62(106-74(114)57(90)29-19-24-34-85)80(120)97-56(18)73(113)105-66(43-49(9)10)83(123)100-60(32-22-27-37-88)77(117)96-55(17)72(112)104-65(42-48(7)8)82(122)99-59(31-21-26-36-87)76(116)95-54(16)71(111)103-64(41-47(5)6)81(121)98-58(30-20-25-35-86)75(115)94-52(14)69(109)93-53(15)70(110)102-67(44-50(11)12)84(124)101-61(33-23-28-38-89)78(118)107-63(40-46(3)4)79(119)92-51(13)68(91)108/h45-67H,19-44,85-90H2,1-18H3,(H2,91,108)(H,92,119)(H,93,109)(H,94,115)(H,95,116)(H,96,117)(H,97,120)(H,98,121)(H,99,122)(H,100,123)(H,101,124)(H,102,110)(H,103,111)(H,104,112)(H,105,113)(H,106,114)(H,107,118)/t51-,52-,53-,54-,55-,56-,57-,58-,59-,60-,61-,62-,63-,64-,65-,66-,67-/m0/s1. The minimum Gasteiger partial charge on any atom is -0.368 e. The van der Waals surface area contributed by atoms with Crippen molar-refractivity contribution in [2.45, 2.75) is 362 Å². The largest absolute Gasteiger partial charge is 0.368 e. The lowest BCUT2D eigenvalue weighted by molar-refractivity contribution is -0.136. The quantitative estimate of drug-likeness (QED) is 0.0282. The molecule has 0 aromatic rings. The molecule has 0 aliphatic rings. The van der Waals surface area contributed by atoms with Gasteiger partial charge in [0, 0.05) is 0 Å². The molecule has 0 bridgehead atoms. The summed E-state index contributed by atoms with van der Waals surface area (Å²) >= 11 is 0. The molecule has 0 fully saturated rings. The first-order valence-corrected chi connectivity index (χ1v) is 44.5. The number of carbonyl (C=O) groups excluding carboxylic acids is 17. The van der Waals surface area contributed by atoms with Gasteiger partial charge in [0.05, 0.1) is 6.04 Å². The van der Waals surface area contributed by atoms with E-state index in [1.807, 2.05) is 41.5 Å². The summed E-state index contributed by atoms with van der Waals surface area (Å²) in [6.45, 7) is 31.5. The second-order valence-electron chi connectivity index (χ2n) is 35.2. The molecule has 40 nitrogen and oxygen atoms in total. The Morgan fingerprint density at radius 2 is 0.331 bits per heavy atom. The van der Waals surface area contributed by atoms with Crippen molar-refractivity contribution >= 4 is 100 Å². The molecule has 0 aromatic heterocycles. The molecule has 0 rings (SSSR count). The smallest absolute Gasteiger partial charge is 0.243 e. The number of amides is 17. The first kappa shape index (κ1) is 115. The molecule has 0 spiro atoms. The first-order valence-electron chi connectivity index (χ1n) is 44.5. The van der Waals surface area contributed by atoms with E-state index in [2.05, 4.69) is 85.1 Å². The Bertz CT molecular complexity index is 3370. The van der Waals surface area contributed by atoms with Gasteiger partial charge < -0.3 is 125 Å². The maximum Gasteiger partial charge on any atom is 0.243 e. The number of rotatable bonds is 65. The van der Waals surface area contributed by atoms with Gasteiger partial charge in [0.1, 0.15) is 96.7 Å². The van der Waals surface area contributed by atoms with Crippen molar-refractivity contribution in [3.63, 3.8) is 0 Å². The third-order valence-corrected chi connectivity index (χ3v) is 20.2. The molecular formula is C84H159N23O17. The molecule has 0 saturated heterocycles. The zero-order valence-corrected chi connectivity index (χ0v) is 77.1. The van der Waals surface area contributed by atoms with Gasteiger partial charge in [-0.25, -0.2) is 0 Å². The van der Waals surface area contributed by atoms with Crippen LogP contribution in [0.5, 0.6) is 0 Å². The van der Waals surface area contributed by atoms with Crippen LogP contribution in [0, 0.1) is 35.5 Å². The highest BCUT2D eigenvalue weighted by atomic mass is 16.2. The molecule has 0 aliphatic heterocycles. The lowest BCUT2D eigenvalue weighted by atomic mass is 10.00. The predicted molar refractivity (Wildman–Crippen MR) is 473 cm³/mol. The molecule has 0 aliphatic carbocycles. The molecule has 0 heterocycles. The lowest BCUT2D eigenvalue weighted by Crippen LogP contribution is -2.60. The topological polar surface area (TPSA) is 665 Å². The van der Waals surface area contributed by atoms with Crippen molar-refractivity contribution in [2.24, 2.45) is 75.6 Å².